The topological polar surface area (TPSA) is 55.4 Å². The van der Waals surface area contributed by atoms with Crippen molar-refractivity contribution in [2.45, 2.75) is 19.9 Å². The average molecular weight is 311 g/mol. The summed E-state index contributed by atoms with van der Waals surface area (Å²) >= 11 is 0. The zero-order valence-electron chi connectivity index (χ0n) is 13.4. The predicted molar refractivity (Wildman–Crippen MR) is 90.4 cm³/mol. The van der Waals surface area contributed by atoms with E-state index in [1.165, 1.54) is 0 Å². The van der Waals surface area contributed by atoms with Crippen LogP contribution in [0.4, 0.5) is 5.69 Å². The molecule has 1 N–H and O–H groups in total. The summed E-state index contributed by atoms with van der Waals surface area (Å²) in [6.45, 7) is 3.77. The van der Waals surface area contributed by atoms with E-state index in [1.807, 2.05) is 48.5 Å². The van der Waals surface area contributed by atoms with Crippen LogP contribution < -0.4 is 5.32 Å². The number of hydrogen-bond donors (Lipinski definition) is 1. The highest BCUT2D eigenvalue weighted by Gasteiger charge is 2.31. The molecule has 4 nitrogen and oxygen atoms in total. The Kier molecular flexibility index (Phi) is 5.92. The first-order valence-corrected chi connectivity index (χ1v) is 7.71. The fourth-order valence-corrected chi connectivity index (χ4v) is 2.35. The molecule has 0 aliphatic heterocycles. The Bertz CT molecular complexity index is 640. The molecule has 120 valence electrons. The number of hydrogen-bond acceptors (Lipinski definition) is 4. The third-order valence-electron chi connectivity index (χ3n) is 3.61. The van der Waals surface area contributed by atoms with Gasteiger partial charge in [0, 0.05) is 11.3 Å². The first kappa shape index (κ1) is 16.7. The van der Waals surface area contributed by atoms with Crippen LogP contribution in [0.15, 0.2) is 60.7 Å². The highest BCUT2D eigenvalue weighted by molar-refractivity contribution is 6.01. The third-order valence-corrected chi connectivity index (χ3v) is 3.61. The molecule has 2 aromatic rings. The molecular weight excluding hydrogens is 290 g/mol. The van der Waals surface area contributed by atoms with Crippen LogP contribution in [0, 0.1) is 5.92 Å². The molecular formula is C19H21NO3. The lowest BCUT2D eigenvalue weighted by Crippen LogP contribution is -2.40. The smallest absolute Gasteiger partial charge is 0.329 e. The van der Waals surface area contributed by atoms with Gasteiger partial charge < -0.3 is 10.1 Å². The molecule has 23 heavy (non-hydrogen) atoms. The summed E-state index contributed by atoms with van der Waals surface area (Å²) in [7, 11) is 0. The van der Waals surface area contributed by atoms with Crippen LogP contribution in [0.3, 0.4) is 0 Å². The van der Waals surface area contributed by atoms with E-state index < -0.39 is 17.9 Å². The largest absolute Gasteiger partial charge is 0.464 e. The number of anilines is 1. The molecule has 0 aromatic heterocycles. The molecule has 0 bridgehead atoms. The van der Waals surface area contributed by atoms with Crippen molar-refractivity contribution in [1.82, 2.24) is 0 Å². The van der Waals surface area contributed by atoms with Crippen LogP contribution in [-0.2, 0) is 9.53 Å². The van der Waals surface area contributed by atoms with Crippen LogP contribution >= 0.6 is 0 Å². The SMILES string of the molecule is CCOC(=O)[C@H](Nc1ccccc1)[C@H](C)C(=O)c1ccccc1. The van der Waals surface area contributed by atoms with Crippen molar-refractivity contribution in [1.29, 1.82) is 0 Å². The Hall–Kier alpha value is -2.62. The van der Waals surface area contributed by atoms with Gasteiger partial charge in [0.25, 0.3) is 0 Å². The molecule has 0 aliphatic carbocycles. The van der Waals surface area contributed by atoms with Gasteiger partial charge in [-0.3, -0.25) is 4.79 Å². The number of ether oxygens (including phenoxy) is 1. The number of benzene rings is 2. The van der Waals surface area contributed by atoms with E-state index in [-0.39, 0.29) is 12.4 Å². The van der Waals surface area contributed by atoms with Crippen molar-refractivity contribution in [3.05, 3.63) is 66.2 Å². The molecule has 0 spiro atoms. The summed E-state index contributed by atoms with van der Waals surface area (Å²) in [6.07, 6.45) is 0. The van der Waals surface area contributed by atoms with Crippen LogP contribution in [0.5, 0.6) is 0 Å². The van der Waals surface area contributed by atoms with E-state index in [0.717, 1.165) is 5.69 Å². The number of rotatable bonds is 7. The quantitative estimate of drug-likeness (QED) is 0.627. The van der Waals surface area contributed by atoms with Crippen LogP contribution in [-0.4, -0.2) is 24.4 Å². The molecule has 0 radical (unpaired) electrons. The van der Waals surface area contributed by atoms with E-state index in [1.54, 1.807) is 26.0 Å². The molecule has 0 saturated heterocycles. The summed E-state index contributed by atoms with van der Waals surface area (Å²) in [5.74, 6) is -1.06. The maximum Gasteiger partial charge on any atom is 0.329 e. The number of ketones is 1. The summed E-state index contributed by atoms with van der Waals surface area (Å²) in [5, 5.41) is 3.12. The van der Waals surface area contributed by atoms with Gasteiger partial charge in [0.2, 0.25) is 0 Å². The first-order chi connectivity index (χ1) is 11.1. The van der Waals surface area contributed by atoms with Gasteiger partial charge in [0.1, 0.15) is 6.04 Å². The zero-order valence-corrected chi connectivity index (χ0v) is 13.4. The van der Waals surface area contributed by atoms with Crippen LogP contribution in [0.2, 0.25) is 0 Å². The molecule has 0 amide bonds. The highest BCUT2D eigenvalue weighted by Crippen LogP contribution is 2.18. The lowest BCUT2D eigenvalue weighted by atomic mass is 9.92. The molecule has 0 fully saturated rings. The van der Waals surface area contributed by atoms with Gasteiger partial charge >= 0.3 is 5.97 Å². The van der Waals surface area contributed by atoms with E-state index in [4.69, 9.17) is 4.74 Å². The fraction of sp³-hybridized carbons (Fsp3) is 0.263. The van der Waals surface area contributed by atoms with E-state index in [9.17, 15) is 9.59 Å². The monoisotopic (exact) mass is 311 g/mol. The van der Waals surface area contributed by atoms with Gasteiger partial charge in [-0.05, 0) is 19.1 Å². The van der Waals surface area contributed by atoms with Crippen molar-refractivity contribution in [2.75, 3.05) is 11.9 Å². The van der Waals surface area contributed by atoms with Crippen LogP contribution in [0.25, 0.3) is 0 Å². The summed E-state index contributed by atoms with van der Waals surface area (Å²) in [4.78, 5) is 24.9. The van der Waals surface area contributed by atoms with Gasteiger partial charge in [-0.25, -0.2) is 4.79 Å². The van der Waals surface area contributed by atoms with Gasteiger partial charge in [-0.2, -0.15) is 0 Å². The van der Waals surface area contributed by atoms with Gasteiger partial charge in [-0.15, -0.1) is 0 Å². The van der Waals surface area contributed by atoms with Crippen molar-refractivity contribution in [2.24, 2.45) is 5.92 Å². The number of carbonyl (C=O) groups excluding carboxylic acids is 2. The second-order valence-electron chi connectivity index (χ2n) is 5.26. The predicted octanol–water partition coefficient (Wildman–Crippen LogP) is 3.55. The second kappa shape index (κ2) is 8.13. The minimum atomic E-state index is -0.731. The third kappa shape index (κ3) is 4.42. The van der Waals surface area contributed by atoms with E-state index in [0.29, 0.717) is 5.56 Å². The van der Waals surface area contributed by atoms with E-state index >= 15 is 0 Å². The lowest BCUT2D eigenvalue weighted by Gasteiger charge is -2.23. The summed E-state index contributed by atoms with van der Waals surface area (Å²) in [6, 6.07) is 17.6. The minimum absolute atomic E-state index is 0.0907. The number of esters is 1. The van der Waals surface area contributed by atoms with Gasteiger partial charge in [0.05, 0.1) is 12.5 Å². The number of nitrogens with one attached hydrogen (secondary N) is 1. The number of para-hydroxylation sites is 1. The molecule has 4 heteroatoms. The first-order valence-electron chi connectivity index (χ1n) is 7.71. The summed E-state index contributed by atoms with van der Waals surface area (Å²) in [5.41, 5.74) is 1.36. The van der Waals surface area contributed by atoms with Crippen molar-refractivity contribution in [3.8, 4) is 0 Å². The second-order valence-corrected chi connectivity index (χ2v) is 5.26. The maximum absolute atomic E-state index is 12.6. The van der Waals surface area contributed by atoms with Gasteiger partial charge in [0.15, 0.2) is 5.78 Å². The van der Waals surface area contributed by atoms with Gasteiger partial charge in [-0.1, -0.05) is 55.5 Å². The van der Waals surface area contributed by atoms with Crippen molar-refractivity contribution < 1.29 is 14.3 Å². The Balaban J connectivity index is 2.22. The standard InChI is InChI=1S/C19H21NO3/c1-3-23-19(22)17(20-16-12-8-5-9-13-16)14(2)18(21)15-10-6-4-7-11-15/h4-14,17,20H,3H2,1-2H3/t14-,17+/m0/s1. The fourth-order valence-electron chi connectivity index (χ4n) is 2.35. The molecule has 0 aliphatic rings. The molecule has 0 unspecified atom stereocenters. The number of carbonyl (C=O) groups is 2. The van der Waals surface area contributed by atoms with E-state index in [2.05, 4.69) is 5.32 Å². The molecule has 2 aromatic carbocycles. The normalized spacial score (nSPS) is 13.0. The molecule has 0 saturated carbocycles. The molecule has 0 heterocycles. The molecule has 2 atom stereocenters. The summed E-state index contributed by atoms with van der Waals surface area (Å²) < 4.78 is 5.13. The maximum atomic E-state index is 12.6. The van der Waals surface area contributed by atoms with Crippen molar-refractivity contribution in [3.63, 3.8) is 0 Å². The Morgan fingerprint density at radius 2 is 1.57 bits per heavy atom. The lowest BCUT2D eigenvalue weighted by molar-refractivity contribution is -0.144. The molecule has 2 rings (SSSR count). The average Bonchev–Trinajstić information content (AvgIpc) is 2.60. The zero-order chi connectivity index (χ0) is 16.7. The minimum Gasteiger partial charge on any atom is -0.464 e. The van der Waals surface area contributed by atoms with Crippen molar-refractivity contribution >= 4 is 17.4 Å². The Labute approximate surface area is 136 Å². The highest BCUT2D eigenvalue weighted by atomic mass is 16.5. The van der Waals surface area contributed by atoms with Crippen LogP contribution in [0.1, 0.15) is 24.2 Å². The Morgan fingerprint density at radius 3 is 2.13 bits per heavy atom. The number of Topliss-reactive ketones (excluding diaryl/α,β-unsaturated/α-hetero) is 1. The Morgan fingerprint density at radius 1 is 1.00 bits per heavy atom.